The summed E-state index contributed by atoms with van der Waals surface area (Å²) in [6.45, 7) is 18.1. The van der Waals surface area contributed by atoms with Crippen LogP contribution in [0, 0.1) is 0 Å². The van der Waals surface area contributed by atoms with E-state index in [1.54, 1.807) is 0 Å². The van der Waals surface area contributed by atoms with Gasteiger partial charge in [-0.1, -0.05) is 0 Å². The third-order valence-electron chi connectivity index (χ3n) is 5.81. The highest BCUT2D eigenvalue weighted by Gasteiger charge is 2.31. The van der Waals surface area contributed by atoms with Crippen molar-refractivity contribution >= 4 is 5.96 Å². The van der Waals surface area contributed by atoms with Crippen molar-refractivity contribution in [3.63, 3.8) is 0 Å². The first-order chi connectivity index (χ1) is 12.6. The monoisotopic (exact) mass is 367 g/mol. The molecule has 3 heterocycles. The van der Waals surface area contributed by atoms with Crippen molar-refractivity contribution in [3.8, 4) is 0 Å². The van der Waals surface area contributed by atoms with E-state index in [1.807, 2.05) is 0 Å². The van der Waals surface area contributed by atoms with E-state index in [0.717, 1.165) is 84.7 Å². The number of nitrogens with one attached hydrogen (secondary N) is 1. The Labute approximate surface area is 158 Å². The molecule has 3 aliphatic heterocycles. The molecule has 0 spiro atoms. The highest BCUT2D eigenvalue weighted by molar-refractivity contribution is 5.80. The van der Waals surface area contributed by atoms with E-state index >= 15 is 0 Å². The van der Waals surface area contributed by atoms with Crippen LogP contribution in [0.3, 0.4) is 0 Å². The number of aliphatic imine (C=N–C) groups is 1. The summed E-state index contributed by atoms with van der Waals surface area (Å²) in [7, 11) is 0. The molecule has 0 aromatic rings. The molecule has 3 rings (SSSR count). The van der Waals surface area contributed by atoms with Gasteiger partial charge in [0.25, 0.3) is 0 Å². The molecular formula is C19H37N5O2. The summed E-state index contributed by atoms with van der Waals surface area (Å²) in [5.74, 6) is 1.08. The van der Waals surface area contributed by atoms with Crippen molar-refractivity contribution in [1.82, 2.24) is 20.0 Å². The Balaban J connectivity index is 1.52. The molecule has 1 N–H and O–H groups in total. The Morgan fingerprint density at radius 3 is 2.62 bits per heavy atom. The van der Waals surface area contributed by atoms with E-state index in [1.165, 1.54) is 6.42 Å². The van der Waals surface area contributed by atoms with E-state index in [4.69, 9.17) is 14.5 Å². The quantitative estimate of drug-likeness (QED) is 0.563. The van der Waals surface area contributed by atoms with Gasteiger partial charge in [0.05, 0.1) is 33.0 Å². The van der Waals surface area contributed by atoms with Crippen LogP contribution in [-0.4, -0.2) is 111 Å². The average molecular weight is 368 g/mol. The van der Waals surface area contributed by atoms with Crippen molar-refractivity contribution < 1.29 is 9.47 Å². The number of hydrogen-bond acceptors (Lipinski definition) is 5. The minimum Gasteiger partial charge on any atom is -0.379 e. The van der Waals surface area contributed by atoms with E-state index in [9.17, 15) is 0 Å². The van der Waals surface area contributed by atoms with Crippen LogP contribution in [0.1, 0.15) is 27.2 Å². The van der Waals surface area contributed by atoms with Crippen LogP contribution in [0.4, 0.5) is 0 Å². The minimum atomic E-state index is 0.112. The van der Waals surface area contributed by atoms with Crippen LogP contribution < -0.4 is 5.32 Å². The zero-order chi connectivity index (χ0) is 18.4. The van der Waals surface area contributed by atoms with E-state index < -0.39 is 0 Å². The average Bonchev–Trinajstić information content (AvgIpc) is 3.13. The van der Waals surface area contributed by atoms with Gasteiger partial charge in [-0.05, 0) is 27.2 Å². The normalized spacial score (nSPS) is 28.5. The highest BCUT2D eigenvalue weighted by Crippen LogP contribution is 2.19. The van der Waals surface area contributed by atoms with Crippen LogP contribution in [-0.2, 0) is 9.47 Å². The van der Waals surface area contributed by atoms with E-state index in [-0.39, 0.29) is 5.54 Å². The van der Waals surface area contributed by atoms with Gasteiger partial charge >= 0.3 is 0 Å². The van der Waals surface area contributed by atoms with Gasteiger partial charge in [-0.3, -0.25) is 14.8 Å². The number of likely N-dealkylation sites (tertiary alicyclic amines) is 1. The molecular weight excluding hydrogens is 330 g/mol. The molecule has 3 saturated heterocycles. The summed E-state index contributed by atoms with van der Waals surface area (Å²) < 4.78 is 11.1. The number of nitrogens with zero attached hydrogens (tertiary/aromatic N) is 4. The fourth-order valence-corrected chi connectivity index (χ4v) is 4.18. The lowest BCUT2D eigenvalue weighted by Crippen LogP contribution is -2.53. The number of rotatable bonds is 5. The summed E-state index contributed by atoms with van der Waals surface area (Å²) in [4.78, 5) is 12.5. The fraction of sp³-hybridized carbons (Fsp3) is 0.947. The van der Waals surface area contributed by atoms with Crippen molar-refractivity contribution in [2.24, 2.45) is 4.99 Å². The molecule has 1 unspecified atom stereocenters. The van der Waals surface area contributed by atoms with Crippen LogP contribution in [0.2, 0.25) is 0 Å². The van der Waals surface area contributed by atoms with Crippen LogP contribution in [0.15, 0.2) is 4.99 Å². The molecule has 7 heteroatoms. The summed E-state index contributed by atoms with van der Waals surface area (Å²) in [5.41, 5.74) is 0.112. The standard InChI is InChI=1S/C19H37N5O2/c1-4-20-18(21-6-8-24-11-14-26-16-19(24,2)3)23-7-5-17(15-23)22-9-12-25-13-10-22/h17H,4-16H2,1-3H3,(H,20,21). The smallest absolute Gasteiger partial charge is 0.194 e. The summed E-state index contributed by atoms with van der Waals surface area (Å²) in [6, 6.07) is 0.640. The predicted molar refractivity (Wildman–Crippen MR) is 105 cm³/mol. The maximum atomic E-state index is 5.62. The molecule has 0 bridgehead atoms. The largest absolute Gasteiger partial charge is 0.379 e. The number of morpholine rings is 2. The van der Waals surface area contributed by atoms with Crippen molar-refractivity contribution in [2.75, 3.05) is 78.8 Å². The zero-order valence-corrected chi connectivity index (χ0v) is 16.9. The molecule has 26 heavy (non-hydrogen) atoms. The highest BCUT2D eigenvalue weighted by atomic mass is 16.5. The van der Waals surface area contributed by atoms with Gasteiger partial charge < -0.3 is 19.7 Å². The minimum absolute atomic E-state index is 0.112. The van der Waals surface area contributed by atoms with Gasteiger partial charge in [0.15, 0.2) is 5.96 Å². The van der Waals surface area contributed by atoms with Gasteiger partial charge in [-0.25, -0.2) is 0 Å². The molecule has 0 aromatic carbocycles. The first kappa shape index (κ1) is 19.9. The topological polar surface area (TPSA) is 52.6 Å². The molecule has 0 aliphatic carbocycles. The van der Waals surface area contributed by atoms with Gasteiger partial charge in [0.1, 0.15) is 0 Å². The van der Waals surface area contributed by atoms with Crippen LogP contribution in [0.25, 0.3) is 0 Å². The van der Waals surface area contributed by atoms with Crippen LogP contribution in [0.5, 0.6) is 0 Å². The second-order valence-electron chi connectivity index (χ2n) is 8.12. The Morgan fingerprint density at radius 2 is 1.88 bits per heavy atom. The molecule has 0 radical (unpaired) electrons. The van der Waals surface area contributed by atoms with Gasteiger partial charge in [0.2, 0.25) is 0 Å². The van der Waals surface area contributed by atoms with Crippen molar-refractivity contribution in [2.45, 2.75) is 38.8 Å². The molecule has 0 saturated carbocycles. The third kappa shape index (κ3) is 5.09. The number of guanidine groups is 1. The molecule has 3 aliphatic rings. The SMILES string of the molecule is CCNC(=NCCN1CCOCC1(C)C)N1CCC(N2CCOCC2)C1. The summed E-state index contributed by atoms with van der Waals surface area (Å²) in [5, 5.41) is 3.50. The first-order valence-electron chi connectivity index (χ1n) is 10.3. The van der Waals surface area contributed by atoms with Crippen LogP contribution >= 0.6 is 0 Å². The molecule has 0 amide bonds. The fourth-order valence-electron chi connectivity index (χ4n) is 4.18. The second-order valence-corrected chi connectivity index (χ2v) is 8.12. The van der Waals surface area contributed by atoms with E-state index in [0.29, 0.717) is 6.04 Å². The van der Waals surface area contributed by atoms with E-state index in [2.05, 4.69) is 40.8 Å². The van der Waals surface area contributed by atoms with Crippen molar-refractivity contribution in [1.29, 1.82) is 0 Å². The molecule has 1 atom stereocenters. The number of ether oxygens (including phenoxy) is 2. The van der Waals surface area contributed by atoms with Crippen molar-refractivity contribution in [3.05, 3.63) is 0 Å². The maximum absolute atomic E-state index is 5.62. The Morgan fingerprint density at radius 1 is 1.12 bits per heavy atom. The molecule has 3 fully saturated rings. The van der Waals surface area contributed by atoms with Gasteiger partial charge in [0, 0.05) is 57.4 Å². The van der Waals surface area contributed by atoms with Gasteiger partial charge in [-0.2, -0.15) is 0 Å². The Hall–Kier alpha value is -0.890. The van der Waals surface area contributed by atoms with Gasteiger partial charge in [-0.15, -0.1) is 0 Å². The second kappa shape index (κ2) is 9.35. The number of hydrogen-bond donors (Lipinski definition) is 1. The molecule has 0 aromatic heterocycles. The lowest BCUT2D eigenvalue weighted by atomic mass is 10.0. The molecule has 150 valence electrons. The first-order valence-corrected chi connectivity index (χ1v) is 10.3. The zero-order valence-electron chi connectivity index (χ0n) is 16.9. The summed E-state index contributed by atoms with van der Waals surface area (Å²) in [6.07, 6.45) is 1.22. The lowest BCUT2D eigenvalue weighted by molar-refractivity contribution is -0.0491. The Kier molecular flexibility index (Phi) is 7.14. The predicted octanol–water partition coefficient (Wildman–Crippen LogP) is 0.469. The Bertz CT molecular complexity index is 465. The maximum Gasteiger partial charge on any atom is 0.194 e. The molecule has 7 nitrogen and oxygen atoms in total. The summed E-state index contributed by atoms with van der Waals surface area (Å²) >= 11 is 0. The lowest BCUT2D eigenvalue weighted by Gasteiger charge is -2.41. The third-order valence-corrected chi connectivity index (χ3v) is 5.81.